The number of carbonyl (C=O) groups excluding carboxylic acids is 2. The molecule has 4 aromatic rings. The Morgan fingerprint density at radius 2 is 1.78 bits per heavy atom. The number of rotatable bonds is 7. The Labute approximate surface area is 211 Å². The monoisotopic (exact) mass is 478 g/mol. The van der Waals surface area contributed by atoms with Crippen LogP contribution in [0, 0.1) is 0 Å². The molecule has 3 heterocycles. The van der Waals surface area contributed by atoms with E-state index in [1.165, 1.54) is 0 Å². The fourth-order valence-electron chi connectivity index (χ4n) is 4.92. The van der Waals surface area contributed by atoms with Crippen molar-refractivity contribution in [1.29, 1.82) is 0 Å². The zero-order chi connectivity index (χ0) is 24.9. The third kappa shape index (κ3) is 5.08. The maximum Gasteiger partial charge on any atom is 0.223 e. The second-order valence-electron chi connectivity index (χ2n) is 9.18. The van der Waals surface area contributed by atoms with E-state index in [-0.39, 0.29) is 36.7 Å². The average Bonchev–Trinajstić information content (AvgIpc) is 3.41. The first-order valence-corrected chi connectivity index (χ1v) is 12.4. The third-order valence-corrected chi connectivity index (χ3v) is 6.80. The van der Waals surface area contributed by atoms with Crippen molar-refractivity contribution in [2.24, 2.45) is 0 Å². The second kappa shape index (κ2) is 10.6. The Morgan fingerprint density at radius 3 is 2.58 bits per heavy atom. The summed E-state index contributed by atoms with van der Waals surface area (Å²) in [4.78, 5) is 32.2. The highest BCUT2D eigenvalue weighted by molar-refractivity contribution is 5.84. The highest BCUT2D eigenvalue weighted by Crippen LogP contribution is 2.33. The van der Waals surface area contributed by atoms with Gasteiger partial charge in [0.2, 0.25) is 11.8 Å². The molecule has 2 aromatic carbocycles. The molecule has 0 saturated carbocycles. The molecule has 0 radical (unpaired) electrons. The Balaban J connectivity index is 1.22. The number of carbonyl (C=O) groups is 2. The van der Waals surface area contributed by atoms with E-state index in [4.69, 9.17) is 0 Å². The van der Waals surface area contributed by atoms with Crippen molar-refractivity contribution in [1.82, 2.24) is 19.8 Å². The van der Waals surface area contributed by atoms with Gasteiger partial charge in [-0.15, -0.1) is 0 Å². The van der Waals surface area contributed by atoms with Gasteiger partial charge in [-0.3, -0.25) is 14.6 Å². The number of nitrogens with one attached hydrogen (secondary N) is 1. The van der Waals surface area contributed by atoms with Crippen LogP contribution in [0.2, 0.25) is 0 Å². The second-order valence-corrected chi connectivity index (χ2v) is 9.18. The molecule has 1 aliphatic heterocycles. The molecule has 36 heavy (non-hydrogen) atoms. The van der Waals surface area contributed by atoms with Crippen LogP contribution in [-0.2, 0) is 16.1 Å². The molecule has 2 aromatic heterocycles. The zero-order valence-electron chi connectivity index (χ0n) is 20.4. The lowest BCUT2D eigenvalue weighted by Gasteiger charge is -2.37. The molecule has 2 atom stereocenters. The van der Waals surface area contributed by atoms with Gasteiger partial charge in [0, 0.05) is 50.2 Å². The molecule has 6 nitrogen and oxygen atoms in total. The minimum Gasteiger partial charge on any atom is -0.350 e. The van der Waals surface area contributed by atoms with Gasteiger partial charge in [0.05, 0.1) is 12.1 Å². The van der Waals surface area contributed by atoms with Crippen LogP contribution < -0.4 is 5.32 Å². The van der Waals surface area contributed by atoms with E-state index in [2.05, 4.69) is 45.3 Å². The molecule has 0 aliphatic carbocycles. The van der Waals surface area contributed by atoms with Crippen molar-refractivity contribution < 1.29 is 9.59 Å². The summed E-state index contributed by atoms with van der Waals surface area (Å²) < 4.78 is 2.20. The molecule has 5 rings (SSSR count). The summed E-state index contributed by atoms with van der Waals surface area (Å²) in [6.45, 7) is 3.35. The average molecular weight is 479 g/mol. The normalized spacial score (nSPS) is 15.7. The lowest BCUT2D eigenvalue weighted by molar-refractivity contribution is -0.136. The molecular weight excluding hydrogens is 448 g/mol. The van der Waals surface area contributed by atoms with E-state index in [1.807, 2.05) is 72.6 Å². The molecule has 182 valence electrons. The zero-order valence-corrected chi connectivity index (χ0v) is 20.4. The lowest BCUT2D eigenvalue weighted by atomic mass is 9.99. The van der Waals surface area contributed by atoms with Crippen LogP contribution in [0.4, 0.5) is 0 Å². The Hall–Kier alpha value is -4.19. The SMILES string of the molecule is CC(NC(=O)CCC(=O)N1CCn2cccc2C1c1ccccc1)c1cccc(-c2cccnc2)c1. The molecule has 0 bridgehead atoms. The van der Waals surface area contributed by atoms with Gasteiger partial charge in [-0.2, -0.15) is 0 Å². The summed E-state index contributed by atoms with van der Waals surface area (Å²) in [5, 5.41) is 3.06. The molecular formula is C30H30N4O2. The van der Waals surface area contributed by atoms with Crippen LogP contribution in [0.3, 0.4) is 0 Å². The number of hydrogen-bond acceptors (Lipinski definition) is 3. The summed E-state index contributed by atoms with van der Waals surface area (Å²) in [6, 6.07) is 25.9. The summed E-state index contributed by atoms with van der Waals surface area (Å²) in [5.41, 5.74) is 5.28. The Bertz CT molecular complexity index is 1330. The Kier molecular flexibility index (Phi) is 6.94. The summed E-state index contributed by atoms with van der Waals surface area (Å²) in [5.74, 6) is -0.128. The largest absolute Gasteiger partial charge is 0.350 e. The summed E-state index contributed by atoms with van der Waals surface area (Å²) in [6.07, 6.45) is 5.98. The topological polar surface area (TPSA) is 67.2 Å². The van der Waals surface area contributed by atoms with Gasteiger partial charge in [-0.25, -0.2) is 0 Å². The number of nitrogens with zero attached hydrogens (tertiary/aromatic N) is 3. The van der Waals surface area contributed by atoms with E-state index in [9.17, 15) is 9.59 Å². The van der Waals surface area contributed by atoms with E-state index in [1.54, 1.807) is 6.20 Å². The number of pyridine rings is 1. The van der Waals surface area contributed by atoms with Crippen LogP contribution in [0.15, 0.2) is 97.5 Å². The first-order chi connectivity index (χ1) is 17.6. The quantitative estimate of drug-likeness (QED) is 0.400. The van der Waals surface area contributed by atoms with Crippen molar-refractivity contribution in [3.05, 3.63) is 114 Å². The van der Waals surface area contributed by atoms with Crippen molar-refractivity contribution >= 4 is 11.8 Å². The molecule has 1 N–H and O–H groups in total. The highest BCUT2D eigenvalue weighted by Gasteiger charge is 2.32. The molecule has 0 fully saturated rings. The van der Waals surface area contributed by atoms with Gasteiger partial charge in [0.25, 0.3) is 0 Å². The van der Waals surface area contributed by atoms with Crippen LogP contribution >= 0.6 is 0 Å². The predicted octanol–water partition coefficient (Wildman–Crippen LogP) is 5.14. The summed E-state index contributed by atoms with van der Waals surface area (Å²) >= 11 is 0. The minimum absolute atomic E-state index is 0.00215. The van der Waals surface area contributed by atoms with Crippen LogP contribution in [0.1, 0.15) is 48.7 Å². The first kappa shape index (κ1) is 23.5. The van der Waals surface area contributed by atoms with Crippen LogP contribution in [0.5, 0.6) is 0 Å². The van der Waals surface area contributed by atoms with Crippen molar-refractivity contribution in [3.63, 3.8) is 0 Å². The van der Waals surface area contributed by atoms with Gasteiger partial charge < -0.3 is 14.8 Å². The van der Waals surface area contributed by atoms with Crippen molar-refractivity contribution in [2.45, 2.75) is 38.4 Å². The standard InChI is InChI=1S/C30H30N4O2/c1-22(24-10-5-11-25(20-24)26-12-6-16-31-21-26)32-28(35)14-15-29(36)34-19-18-33-17-7-13-27(33)30(34)23-8-3-2-4-9-23/h2-13,16-17,20-22,30H,14-15,18-19H2,1H3,(H,32,35). The maximum absolute atomic E-state index is 13.3. The molecule has 0 saturated heterocycles. The smallest absolute Gasteiger partial charge is 0.223 e. The fraction of sp³-hybridized carbons (Fsp3) is 0.233. The maximum atomic E-state index is 13.3. The lowest BCUT2D eigenvalue weighted by Crippen LogP contribution is -2.42. The van der Waals surface area contributed by atoms with Crippen LogP contribution in [-0.4, -0.2) is 32.8 Å². The fourth-order valence-corrected chi connectivity index (χ4v) is 4.92. The van der Waals surface area contributed by atoms with E-state index in [0.29, 0.717) is 6.54 Å². The highest BCUT2D eigenvalue weighted by atomic mass is 16.2. The number of fused-ring (bicyclic) bond motifs is 1. The van der Waals surface area contributed by atoms with Gasteiger partial charge in [0.1, 0.15) is 0 Å². The molecule has 0 spiro atoms. The minimum atomic E-state index is -0.167. The Morgan fingerprint density at radius 1 is 0.944 bits per heavy atom. The number of hydrogen-bond donors (Lipinski definition) is 1. The number of aromatic nitrogens is 2. The van der Waals surface area contributed by atoms with Crippen LogP contribution in [0.25, 0.3) is 11.1 Å². The molecule has 6 heteroatoms. The third-order valence-electron chi connectivity index (χ3n) is 6.80. The van der Waals surface area contributed by atoms with E-state index in [0.717, 1.165) is 34.5 Å². The van der Waals surface area contributed by atoms with Gasteiger partial charge in [-0.1, -0.05) is 54.6 Å². The van der Waals surface area contributed by atoms with E-state index >= 15 is 0 Å². The number of amides is 2. The van der Waals surface area contributed by atoms with Gasteiger partial charge >= 0.3 is 0 Å². The van der Waals surface area contributed by atoms with E-state index < -0.39 is 0 Å². The number of benzene rings is 2. The molecule has 1 aliphatic rings. The van der Waals surface area contributed by atoms with Gasteiger partial charge in [0.15, 0.2) is 0 Å². The summed E-state index contributed by atoms with van der Waals surface area (Å²) in [7, 11) is 0. The molecule has 2 amide bonds. The van der Waals surface area contributed by atoms with Crippen molar-refractivity contribution in [3.8, 4) is 11.1 Å². The van der Waals surface area contributed by atoms with Gasteiger partial charge in [-0.05, 0) is 53.4 Å². The first-order valence-electron chi connectivity index (χ1n) is 12.4. The predicted molar refractivity (Wildman–Crippen MR) is 140 cm³/mol. The van der Waals surface area contributed by atoms with Crippen molar-refractivity contribution in [2.75, 3.05) is 6.54 Å². The molecule has 2 unspecified atom stereocenters.